The van der Waals surface area contributed by atoms with Crippen LogP contribution >= 0.6 is 0 Å². The van der Waals surface area contributed by atoms with Crippen molar-refractivity contribution in [2.45, 2.75) is 20.3 Å². The highest BCUT2D eigenvalue weighted by Crippen LogP contribution is 2.08. The van der Waals surface area contributed by atoms with Crippen LogP contribution < -0.4 is 0 Å². The molecule has 1 aromatic heterocycles. The Morgan fingerprint density at radius 3 is 2.63 bits per heavy atom. The summed E-state index contributed by atoms with van der Waals surface area (Å²) >= 11 is 0. The minimum atomic E-state index is 0.113. The molecule has 2 heterocycles. The van der Waals surface area contributed by atoms with Crippen LogP contribution in [0.1, 0.15) is 19.4 Å². The lowest BCUT2D eigenvalue weighted by molar-refractivity contribution is -0.136. The van der Waals surface area contributed by atoms with Gasteiger partial charge in [0.25, 0.3) is 0 Å². The summed E-state index contributed by atoms with van der Waals surface area (Å²) in [5, 5.41) is 0. The Kier molecular flexibility index (Phi) is 4.91. The zero-order valence-electron chi connectivity index (χ0n) is 11.9. The number of hydrogen-bond donors (Lipinski definition) is 0. The second-order valence-electron chi connectivity index (χ2n) is 5.43. The maximum Gasteiger partial charge on any atom is 0.225 e. The number of carbonyl (C=O) groups excluding carboxylic acids is 1. The molecule has 0 saturated carbocycles. The molecule has 0 spiro atoms. The number of pyridine rings is 1. The molecule has 104 valence electrons. The molecule has 0 aliphatic carbocycles. The first-order valence-corrected chi connectivity index (χ1v) is 7.07. The van der Waals surface area contributed by atoms with E-state index in [1.807, 2.05) is 31.0 Å². The van der Waals surface area contributed by atoms with Gasteiger partial charge >= 0.3 is 0 Å². The smallest absolute Gasteiger partial charge is 0.225 e. The van der Waals surface area contributed by atoms with Crippen molar-refractivity contribution in [3.63, 3.8) is 0 Å². The van der Waals surface area contributed by atoms with Crippen LogP contribution in [0, 0.1) is 5.92 Å². The van der Waals surface area contributed by atoms with Crippen LogP contribution in [0.2, 0.25) is 0 Å². The number of hydrogen-bond acceptors (Lipinski definition) is 3. The molecule has 0 N–H and O–H groups in total. The van der Waals surface area contributed by atoms with E-state index in [-0.39, 0.29) is 11.8 Å². The topological polar surface area (TPSA) is 36.4 Å². The zero-order chi connectivity index (χ0) is 13.7. The molecule has 0 radical (unpaired) electrons. The van der Waals surface area contributed by atoms with Crippen molar-refractivity contribution in [3.05, 3.63) is 30.1 Å². The lowest BCUT2D eigenvalue weighted by atomic mass is 10.1. The number of aromatic nitrogens is 1. The van der Waals surface area contributed by atoms with Gasteiger partial charge in [0.05, 0.1) is 0 Å². The van der Waals surface area contributed by atoms with Gasteiger partial charge in [-0.15, -0.1) is 0 Å². The molecule has 1 fully saturated rings. The quantitative estimate of drug-likeness (QED) is 0.822. The summed E-state index contributed by atoms with van der Waals surface area (Å²) in [5.41, 5.74) is 1.28. The fourth-order valence-electron chi connectivity index (χ4n) is 2.39. The second-order valence-corrected chi connectivity index (χ2v) is 5.43. The fourth-order valence-corrected chi connectivity index (χ4v) is 2.39. The first kappa shape index (κ1) is 14.0. The molecule has 4 nitrogen and oxygen atoms in total. The van der Waals surface area contributed by atoms with Gasteiger partial charge < -0.3 is 4.90 Å². The van der Waals surface area contributed by atoms with Crippen LogP contribution in [-0.2, 0) is 11.2 Å². The highest BCUT2D eigenvalue weighted by molar-refractivity contribution is 5.78. The van der Waals surface area contributed by atoms with Crippen molar-refractivity contribution in [1.82, 2.24) is 14.8 Å². The average Bonchev–Trinajstić information content (AvgIpc) is 2.46. The van der Waals surface area contributed by atoms with Gasteiger partial charge in [-0.1, -0.05) is 19.9 Å². The largest absolute Gasteiger partial charge is 0.340 e. The third-order valence-electron chi connectivity index (χ3n) is 3.62. The van der Waals surface area contributed by atoms with Crippen molar-refractivity contribution in [1.29, 1.82) is 0 Å². The fraction of sp³-hybridized carbons (Fsp3) is 0.600. The number of piperazine rings is 1. The van der Waals surface area contributed by atoms with Crippen LogP contribution in [-0.4, -0.2) is 53.4 Å². The zero-order valence-corrected chi connectivity index (χ0v) is 11.9. The molecule has 0 unspecified atom stereocenters. The van der Waals surface area contributed by atoms with Gasteiger partial charge in [0.2, 0.25) is 5.91 Å². The number of amides is 1. The Morgan fingerprint density at radius 1 is 1.32 bits per heavy atom. The monoisotopic (exact) mass is 261 g/mol. The summed E-state index contributed by atoms with van der Waals surface area (Å²) in [4.78, 5) is 20.4. The molecule has 1 aliphatic rings. The molecule has 0 aromatic carbocycles. The van der Waals surface area contributed by atoms with Gasteiger partial charge in [-0.3, -0.25) is 14.7 Å². The van der Waals surface area contributed by atoms with Crippen LogP contribution in [0.25, 0.3) is 0 Å². The van der Waals surface area contributed by atoms with Crippen molar-refractivity contribution in [3.8, 4) is 0 Å². The van der Waals surface area contributed by atoms with Crippen molar-refractivity contribution >= 4 is 5.91 Å². The maximum atomic E-state index is 11.9. The van der Waals surface area contributed by atoms with Gasteiger partial charge in [0.1, 0.15) is 0 Å². The van der Waals surface area contributed by atoms with Crippen LogP contribution in [0.4, 0.5) is 0 Å². The van der Waals surface area contributed by atoms with Crippen LogP contribution in [0.5, 0.6) is 0 Å². The summed E-state index contributed by atoms with van der Waals surface area (Å²) in [6, 6.07) is 4.10. The normalized spacial score (nSPS) is 16.9. The molecule has 2 rings (SSSR count). The highest BCUT2D eigenvalue weighted by atomic mass is 16.2. The van der Waals surface area contributed by atoms with Crippen LogP contribution in [0.15, 0.2) is 24.5 Å². The lowest BCUT2D eigenvalue weighted by Crippen LogP contribution is -2.50. The van der Waals surface area contributed by atoms with Crippen molar-refractivity contribution in [2.75, 3.05) is 32.7 Å². The van der Waals surface area contributed by atoms with E-state index in [0.717, 1.165) is 39.1 Å². The maximum absolute atomic E-state index is 11.9. The third-order valence-corrected chi connectivity index (χ3v) is 3.62. The molecule has 1 amide bonds. The second kappa shape index (κ2) is 6.66. The Morgan fingerprint density at radius 2 is 2.05 bits per heavy atom. The molecule has 1 aromatic rings. The number of nitrogens with zero attached hydrogens (tertiary/aromatic N) is 3. The highest BCUT2D eigenvalue weighted by Gasteiger charge is 2.22. The SMILES string of the molecule is CC(C)C(=O)N1CCN(CCc2cccnc2)CC1. The lowest BCUT2D eigenvalue weighted by Gasteiger charge is -2.35. The molecule has 1 aliphatic heterocycles. The van der Waals surface area contributed by atoms with Gasteiger partial charge in [-0.2, -0.15) is 0 Å². The van der Waals surface area contributed by atoms with E-state index in [9.17, 15) is 4.79 Å². The molecular formula is C15H23N3O. The molecule has 0 bridgehead atoms. The molecule has 0 atom stereocenters. The van der Waals surface area contributed by atoms with Gasteiger partial charge in [-0.25, -0.2) is 0 Å². The van der Waals surface area contributed by atoms with Crippen molar-refractivity contribution < 1.29 is 4.79 Å². The molecular weight excluding hydrogens is 238 g/mol. The first-order valence-electron chi connectivity index (χ1n) is 7.07. The molecule has 4 heteroatoms. The van der Waals surface area contributed by atoms with E-state index in [1.54, 1.807) is 6.20 Å². The van der Waals surface area contributed by atoms with Crippen molar-refractivity contribution in [2.24, 2.45) is 5.92 Å². The Hall–Kier alpha value is -1.42. The van der Waals surface area contributed by atoms with Crippen LogP contribution in [0.3, 0.4) is 0 Å². The third kappa shape index (κ3) is 4.03. The number of carbonyl (C=O) groups is 1. The van der Waals surface area contributed by atoms with Gasteiger partial charge in [-0.05, 0) is 18.1 Å². The van der Waals surface area contributed by atoms with E-state index in [4.69, 9.17) is 0 Å². The van der Waals surface area contributed by atoms with E-state index in [1.165, 1.54) is 5.56 Å². The molecule has 19 heavy (non-hydrogen) atoms. The predicted octanol–water partition coefficient (Wildman–Crippen LogP) is 1.42. The van der Waals surface area contributed by atoms with E-state index in [2.05, 4.69) is 16.0 Å². The molecule has 1 saturated heterocycles. The average molecular weight is 261 g/mol. The Balaban J connectivity index is 1.73. The minimum Gasteiger partial charge on any atom is -0.340 e. The summed E-state index contributed by atoms with van der Waals surface area (Å²) < 4.78 is 0. The standard InChI is InChI=1S/C15H23N3O/c1-13(2)15(19)18-10-8-17(9-11-18)7-5-14-4-3-6-16-12-14/h3-4,6,12-13H,5,7-11H2,1-2H3. The van der Waals surface area contributed by atoms with Gasteiger partial charge in [0, 0.05) is 51.0 Å². The van der Waals surface area contributed by atoms with Gasteiger partial charge in [0.15, 0.2) is 0 Å². The van der Waals surface area contributed by atoms with E-state index < -0.39 is 0 Å². The Bertz CT molecular complexity index is 397. The summed E-state index contributed by atoms with van der Waals surface area (Å²) in [7, 11) is 0. The van der Waals surface area contributed by atoms with E-state index in [0.29, 0.717) is 0 Å². The summed E-state index contributed by atoms with van der Waals surface area (Å²) in [5.74, 6) is 0.397. The first-order chi connectivity index (χ1) is 9.16. The number of rotatable bonds is 4. The minimum absolute atomic E-state index is 0.113. The predicted molar refractivity (Wildman–Crippen MR) is 75.8 cm³/mol. The summed E-state index contributed by atoms with van der Waals surface area (Å²) in [6.45, 7) is 8.69. The summed E-state index contributed by atoms with van der Waals surface area (Å²) in [6.07, 6.45) is 4.77. The van der Waals surface area contributed by atoms with E-state index >= 15 is 0 Å². The Labute approximate surface area is 115 Å².